The number of pyridine rings is 1. The van der Waals surface area contributed by atoms with Crippen LogP contribution in [0.15, 0.2) is 84.9 Å². The summed E-state index contributed by atoms with van der Waals surface area (Å²) in [5, 5.41) is 1.62. The van der Waals surface area contributed by atoms with Gasteiger partial charge in [-0.2, -0.15) is 18.2 Å². The first kappa shape index (κ1) is 29.0. The molecule has 1 aliphatic heterocycles. The molecule has 2 amide bonds. The number of fused-ring (bicyclic) bond motifs is 1. The molecule has 11 heteroatoms. The summed E-state index contributed by atoms with van der Waals surface area (Å²) in [4.78, 5) is 35.3. The minimum Gasteiger partial charge on any atom is -0.451 e. The van der Waals surface area contributed by atoms with Crippen molar-refractivity contribution in [2.24, 2.45) is 0 Å². The standard InChI is InChI=1S/C31H30F3N5O3/c1-42-30(41)39(23-12-6-3-7-13-23)36-29(40)27-24-14-8-9-15-26(24)35-28(22-10-4-2-5-11-22)25(27)20-37-16-18-38(19-17-37)21-31(32,33)34/h2-15H,16-21H2,1H3,(H,36,40). The van der Waals surface area contributed by atoms with Crippen molar-refractivity contribution in [1.82, 2.24) is 20.2 Å². The second-order valence-corrected chi connectivity index (χ2v) is 9.95. The van der Waals surface area contributed by atoms with Crippen LogP contribution in [-0.2, 0) is 11.3 Å². The van der Waals surface area contributed by atoms with Gasteiger partial charge in [0.15, 0.2) is 0 Å². The van der Waals surface area contributed by atoms with E-state index in [0.29, 0.717) is 46.5 Å². The van der Waals surface area contributed by atoms with Gasteiger partial charge in [-0.1, -0.05) is 66.7 Å². The number of piperazine rings is 1. The third kappa shape index (κ3) is 6.69. The molecule has 0 unspecified atom stereocenters. The van der Waals surface area contributed by atoms with Gasteiger partial charge in [-0.3, -0.25) is 20.0 Å². The Morgan fingerprint density at radius 2 is 1.48 bits per heavy atom. The van der Waals surface area contributed by atoms with Crippen molar-refractivity contribution in [3.05, 3.63) is 96.1 Å². The van der Waals surface area contributed by atoms with Gasteiger partial charge in [-0.25, -0.2) is 9.78 Å². The lowest BCUT2D eigenvalue weighted by Crippen LogP contribution is -2.49. The van der Waals surface area contributed by atoms with Gasteiger partial charge in [0, 0.05) is 49.2 Å². The number of alkyl halides is 3. The minimum absolute atomic E-state index is 0.243. The van der Waals surface area contributed by atoms with Crippen molar-refractivity contribution in [1.29, 1.82) is 0 Å². The van der Waals surface area contributed by atoms with Crippen LogP contribution in [0.4, 0.5) is 23.7 Å². The fourth-order valence-electron chi connectivity index (χ4n) is 5.12. The second kappa shape index (κ2) is 12.6. The molecule has 1 N–H and O–H groups in total. The smallest absolute Gasteiger partial charge is 0.433 e. The Morgan fingerprint density at radius 3 is 2.12 bits per heavy atom. The van der Waals surface area contributed by atoms with Gasteiger partial charge < -0.3 is 4.74 Å². The molecule has 1 saturated heterocycles. The van der Waals surface area contributed by atoms with E-state index in [1.807, 2.05) is 47.4 Å². The molecule has 0 saturated carbocycles. The molecule has 3 aromatic carbocycles. The van der Waals surface area contributed by atoms with E-state index >= 15 is 0 Å². The molecule has 218 valence electrons. The lowest BCUT2D eigenvalue weighted by Gasteiger charge is -2.35. The molecule has 4 aromatic rings. The second-order valence-electron chi connectivity index (χ2n) is 9.95. The number of nitrogens with zero attached hydrogens (tertiary/aromatic N) is 4. The van der Waals surface area contributed by atoms with Crippen molar-refractivity contribution < 1.29 is 27.5 Å². The summed E-state index contributed by atoms with van der Waals surface area (Å²) in [6.45, 7) is 0.574. The Kier molecular flexibility index (Phi) is 8.69. The molecule has 42 heavy (non-hydrogen) atoms. The van der Waals surface area contributed by atoms with E-state index in [2.05, 4.69) is 5.43 Å². The molecule has 1 aromatic heterocycles. The monoisotopic (exact) mass is 577 g/mol. The van der Waals surface area contributed by atoms with Crippen LogP contribution in [0.5, 0.6) is 0 Å². The van der Waals surface area contributed by atoms with Gasteiger partial charge in [0.05, 0.1) is 36.1 Å². The summed E-state index contributed by atoms with van der Waals surface area (Å²) in [5.74, 6) is -0.550. The number of halogens is 3. The molecule has 0 atom stereocenters. The highest BCUT2D eigenvalue weighted by molar-refractivity contribution is 6.10. The highest BCUT2D eigenvalue weighted by Crippen LogP contribution is 2.32. The molecule has 0 bridgehead atoms. The fourth-order valence-corrected chi connectivity index (χ4v) is 5.12. The summed E-state index contributed by atoms with van der Waals surface area (Å²) in [6, 6.07) is 25.2. The predicted molar refractivity (Wildman–Crippen MR) is 154 cm³/mol. The van der Waals surface area contributed by atoms with Gasteiger partial charge >= 0.3 is 12.3 Å². The Labute approximate surface area is 241 Å². The third-order valence-electron chi connectivity index (χ3n) is 7.10. The Balaban J connectivity index is 1.57. The first-order chi connectivity index (χ1) is 20.2. The van der Waals surface area contributed by atoms with Crippen LogP contribution >= 0.6 is 0 Å². The molecule has 1 aliphatic rings. The van der Waals surface area contributed by atoms with Gasteiger partial charge in [0.1, 0.15) is 0 Å². The SMILES string of the molecule is COC(=O)N(NC(=O)c1c(CN2CCN(CC(F)(F)F)CC2)c(-c2ccccc2)nc2ccccc12)c1ccccc1. The maximum absolute atomic E-state index is 14.2. The number of methoxy groups -OCH3 is 1. The Morgan fingerprint density at radius 1 is 0.881 bits per heavy atom. The van der Waals surface area contributed by atoms with Crippen LogP contribution in [-0.4, -0.2) is 72.8 Å². The fraction of sp³-hybridized carbons (Fsp3) is 0.258. The molecule has 8 nitrogen and oxygen atoms in total. The number of benzene rings is 3. The van der Waals surface area contributed by atoms with Crippen molar-refractivity contribution in [2.45, 2.75) is 12.7 Å². The minimum atomic E-state index is -4.26. The number of anilines is 1. The van der Waals surface area contributed by atoms with E-state index in [9.17, 15) is 22.8 Å². The third-order valence-corrected chi connectivity index (χ3v) is 7.10. The van der Waals surface area contributed by atoms with Gasteiger partial charge in [-0.15, -0.1) is 0 Å². The van der Waals surface area contributed by atoms with E-state index < -0.39 is 24.7 Å². The summed E-state index contributed by atoms with van der Waals surface area (Å²) in [5.41, 5.74) is 6.02. The number of para-hydroxylation sites is 2. The van der Waals surface area contributed by atoms with Crippen molar-refractivity contribution in [3.63, 3.8) is 0 Å². The lowest BCUT2D eigenvalue weighted by molar-refractivity contribution is -0.149. The highest BCUT2D eigenvalue weighted by atomic mass is 19.4. The number of carbonyl (C=O) groups is 2. The lowest BCUT2D eigenvalue weighted by atomic mass is 9.95. The zero-order valence-corrected chi connectivity index (χ0v) is 23.0. The maximum atomic E-state index is 14.2. The van der Waals surface area contributed by atoms with E-state index in [4.69, 9.17) is 9.72 Å². The van der Waals surface area contributed by atoms with E-state index in [1.54, 1.807) is 42.5 Å². The van der Waals surface area contributed by atoms with Crippen molar-refractivity contribution in [2.75, 3.05) is 44.8 Å². The maximum Gasteiger partial charge on any atom is 0.433 e. The van der Waals surface area contributed by atoms with Crippen LogP contribution in [0.3, 0.4) is 0 Å². The molecular formula is C31H30F3N5O3. The summed E-state index contributed by atoms with van der Waals surface area (Å²) in [7, 11) is 1.23. The molecule has 0 radical (unpaired) electrons. The number of hydrazine groups is 1. The van der Waals surface area contributed by atoms with Crippen molar-refractivity contribution >= 4 is 28.6 Å². The largest absolute Gasteiger partial charge is 0.451 e. The number of hydrogen-bond donors (Lipinski definition) is 1. The number of rotatable bonds is 6. The molecular weight excluding hydrogens is 547 g/mol. The summed E-state index contributed by atoms with van der Waals surface area (Å²) in [6.07, 6.45) is -5.04. The van der Waals surface area contributed by atoms with Gasteiger partial charge in [0.25, 0.3) is 5.91 Å². The van der Waals surface area contributed by atoms with E-state index in [0.717, 1.165) is 10.6 Å². The van der Waals surface area contributed by atoms with Crippen molar-refractivity contribution in [3.8, 4) is 11.3 Å². The average molecular weight is 578 g/mol. The Hall–Kier alpha value is -4.48. The van der Waals surface area contributed by atoms with Crippen LogP contribution in [0, 0.1) is 0 Å². The normalized spacial score (nSPS) is 14.5. The van der Waals surface area contributed by atoms with Crippen LogP contribution < -0.4 is 10.4 Å². The first-order valence-electron chi connectivity index (χ1n) is 13.5. The molecule has 5 rings (SSSR count). The number of amides is 2. The molecule has 1 fully saturated rings. The Bertz CT molecular complexity index is 1540. The van der Waals surface area contributed by atoms with Crippen LogP contribution in [0.1, 0.15) is 15.9 Å². The average Bonchev–Trinajstić information content (AvgIpc) is 3.00. The van der Waals surface area contributed by atoms with E-state index in [1.165, 1.54) is 12.0 Å². The predicted octanol–water partition coefficient (Wildman–Crippen LogP) is 5.50. The molecule has 2 heterocycles. The van der Waals surface area contributed by atoms with Crippen LogP contribution in [0.25, 0.3) is 22.2 Å². The number of nitrogens with one attached hydrogen (secondary N) is 1. The van der Waals surface area contributed by atoms with E-state index in [-0.39, 0.29) is 19.6 Å². The number of carbonyl (C=O) groups excluding carboxylic acids is 2. The molecule has 0 spiro atoms. The summed E-state index contributed by atoms with van der Waals surface area (Å²) < 4.78 is 43.9. The highest BCUT2D eigenvalue weighted by Gasteiger charge is 2.33. The quantitative estimate of drug-likeness (QED) is 0.305. The molecule has 0 aliphatic carbocycles. The van der Waals surface area contributed by atoms with Gasteiger partial charge in [0.2, 0.25) is 0 Å². The summed E-state index contributed by atoms with van der Waals surface area (Å²) >= 11 is 0. The topological polar surface area (TPSA) is 78.0 Å². The van der Waals surface area contributed by atoms with Crippen LogP contribution in [0.2, 0.25) is 0 Å². The number of ether oxygens (including phenoxy) is 1. The zero-order chi connectivity index (χ0) is 29.7. The number of hydrogen-bond acceptors (Lipinski definition) is 6. The first-order valence-corrected chi connectivity index (χ1v) is 13.5. The number of aromatic nitrogens is 1. The van der Waals surface area contributed by atoms with Gasteiger partial charge in [-0.05, 0) is 18.2 Å². The zero-order valence-electron chi connectivity index (χ0n) is 23.0.